The van der Waals surface area contributed by atoms with Gasteiger partial charge in [0, 0.05) is 48.5 Å². The second-order valence-electron chi connectivity index (χ2n) is 14.1. The van der Waals surface area contributed by atoms with Crippen LogP contribution >= 0.6 is 23.2 Å². The number of nitrogens with one attached hydrogen (secondary N) is 1. The number of halogens is 2. The Morgan fingerprint density at radius 1 is 1.00 bits per heavy atom. The Balaban J connectivity index is 1.43. The van der Waals surface area contributed by atoms with Gasteiger partial charge in [-0.3, -0.25) is 14.4 Å². The maximum atomic E-state index is 13.2. The zero-order valence-corrected chi connectivity index (χ0v) is 30.4. The minimum Gasteiger partial charge on any atom is -0.458 e. The van der Waals surface area contributed by atoms with Gasteiger partial charge in [-0.2, -0.15) is 5.10 Å². The molecule has 0 radical (unpaired) electrons. The summed E-state index contributed by atoms with van der Waals surface area (Å²) in [6.07, 6.45) is 6.25. The van der Waals surface area contributed by atoms with Crippen LogP contribution < -0.4 is 10.2 Å². The number of piperidine rings is 1. The molecule has 1 aromatic carbocycles. The van der Waals surface area contributed by atoms with E-state index in [1.165, 1.54) is 9.58 Å². The first kappa shape index (κ1) is 36.9. The topological polar surface area (TPSA) is 132 Å². The lowest BCUT2D eigenvalue weighted by atomic mass is 9.97. The van der Waals surface area contributed by atoms with Crippen LogP contribution in [0, 0.1) is 0 Å². The fraction of sp³-hybridized carbons (Fsp3) is 0.529. The second-order valence-corrected chi connectivity index (χ2v) is 14.9. The van der Waals surface area contributed by atoms with E-state index in [-0.39, 0.29) is 31.5 Å². The number of aromatic nitrogens is 4. The zero-order chi connectivity index (χ0) is 35.4. The summed E-state index contributed by atoms with van der Waals surface area (Å²) in [6, 6.07) is 4.18. The molecule has 0 bridgehead atoms. The fourth-order valence-electron chi connectivity index (χ4n) is 5.35. The van der Waals surface area contributed by atoms with Gasteiger partial charge in [0.25, 0.3) is 0 Å². The third kappa shape index (κ3) is 10.1. The summed E-state index contributed by atoms with van der Waals surface area (Å²) in [5.41, 5.74) is 1.47. The van der Waals surface area contributed by atoms with Crippen molar-refractivity contribution in [2.45, 2.75) is 97.1 Å². The number of hydrogen-bond acceptors (Lipinski definition) is 9. The van der Waals surface area contributed by atoms with Crippen LogP contribution in [0.15, 0.2) is 36.8 Å². The minimum atomic E-state index is -0.902. The van der Waals surface area contributed by atoms with Crippen LogP contribution in [0.1, 0.15) is 65.6 Å². The van der Waals surface area contributed by atoms with Crippen molar-refractivity contribution in [3.05, 3.63) is 58.1 Å². The molecule has 0 aliphatic carbocycles. The molecule has 4 rings (SSSR count). The van der Waals surface area contributed by atoms with Gasteiger partial charge in [0.2, 0.25) is 5.91 Å². The Labute approximate surface area is 292 Å². The normalized spacial score (nSPS) is 16.8. The first-order valence-corrected chi connectivity index (χ1v) is 16.7. The highest BCUT2D eigenvalue weighted by Gasteiger charge is 2.41. The Morgan fingerprint density at radius 2 is 1.67 bits per heavy atom. The highest BCUT2D eigenvalue weighted by Crippen LogP contribution is 2.28. The molecule has 260 valence electrons. The van der Waals surface area contributed by atoms with Crippen molar-refractivity contribution in [2.24, 2.45) is 0 Å². The number of benzene rings is 1. The van der Waals surface area contributed by atoms with Gasteiger partial charge in [-0.1, -0.05) is 29.3 Å². The molecular formula is C34H45Cl2N7O5. The number of hydrogen-bond donors (Lipinski definition) is 1. The van der Waals surface area contributed by atoms with E-state index in [9.17, 15) is 14.4 Å². The van der Waals surface area contributed by atoms with Gasteiger partial charge in [-0.15, -0.1) is 0 Å². The van der Waals surface area contributed by atoms with E-state index in [0.717, 1.165) is 17.1 Å². The van der Waals surface area contributed by atoms with Crippen molar-refractivity contribution >= 4 is 47.0 Å². The summed E-state index contributed by atoms with van der Waals surface area (Å²) in [6.45, 7) is 10.8. The lowest BCUT2D eigenvalue weighted by Crippen LogP contribution is -2.57. The third-order valence-electron chi connectivity index (χ3n) is 7.43. The number of rotatable bonds is 9. The Morgan fingerprint density at radius 3 is 2.29 bits per heavy atom. The molecule has 1 aliphatic heterocycles. The molecule has 2 amide bonds. The average Bonchev–Trinajstić information content (AvgIpc) is 3.43. The number of aryl methyl sites for hydroxylation is 1. The molecule has 0 spiro atoms. The van der Waals surface area contributed by atoms with E-state index >= 15 is 0 Å². The average molecular weight is 703 g/mol. The van der Waals surface area contributed by atoms with Gasteiger partial charge in [-0.05, 0) is 84.9 Å². The molecule has 1 saturated heterocycles. The highest BCUT2D eigenvalue weighted by molar-refractivity contribution is 6.36. The first-order valence-electron chi connectivity index (χ1n) is 15.9. The zero-order valence-electron chi connectivity index (χ0n) is 28.8. The molecule has 1 N–H and O–H groups in total. The number of esters is 1. The number of likely N-dealkylation sites (tertiary alicyclic amines) is 1. The minimum absolute atomic E-state index is 0.0511. The quantitative estimate of drug-likeness (QED) is 0.278. The molecular weight excluding hydrogens is 657 g/mol. The van der Waals surface area contributed by atoms with Crippen molar-refractivity contribution in [1.29, 1.82) is 0 Å². The molecule has 12 nitrogen and oxygen atoms in total. The number of carbonyl (C=O) groups is 3. The summed E-state index contributed by atoms with van der Waals surface area (Å²) >= 11 is 12.8. The summed E-state index contributed by atoms with van der Waals surface area (Å²) in [5.74, 6) is -0.0921. The van der Waals surface area contributed by atoms with Crippen LogP contribution in [0.25, 0.3) is 11.3 Å². The summed E-state index contributed by atoms with van der Waals surface area (Å²) in [5, 5.41) is 8.59. The maximum absolute atomic E-state index is 13.2. The van der Waals surface area contributed by atoms with E-state index < -0.39 is 29.3 Å². The standard InChI is InChI=1S/C34H45Cl2N7O5/c1-33(2,3)47-31(45)28-16-22(14-15-43(28)32(46)48-34(4,5)6)39-29(44)20-42-19-21(17-38-42)27-18-37-30(41(7)8)26(40-27)13-12-23-24(35)10-9-11-25(23)36/h9-11,17-19,22,28H,12-16,20H2,1-8H3,(H,39,44)/t22?,28-/m1/s1. The largest absolute Gasteiger partial charge is 0.458 e. The molecule has 1 unspecified atom stereocenters. The van der Waals surface area contributed by atoms with Gasteiger partial charge >= 0.3 is 12.1 Å². The van der Waals surface area contributed by atoms with E-state index in [0.29, 0.717) is 40.6 Å². The lowest BCUT2D eigenvalue weighted by Gasteiger charge is -2.39. The van der Waals surface area contributed by atoms with Crippen molar-refractivity contribution in [2.75, 3.05) is 25.5 Å². The van der Waals surface area contributed by atoms with Crippen LogP contribution in [0.5, 0.6) is 0 Å². The molecule has 1 fully saturated rings. The molecule has 48 heavy (non-hydrogen) atoms. The van der Waals surface area contributed by atoms with Crippen molar-refractivity contribution in [3.63, 3.8) is 0 Å². The monoisotopic (exact) mass is 701 g/mol. The van der Waals surface area contributed by atoms with E-state index in [4.69, 9.17) is 37.7 Å². The molecule has 1 aliphatic rings. The molecule has 0 saturated carbocycles. The Kier molecular flexibility index (Phi) is 11.6. The second kappa shape index (κ2) is 15.1. The first-order chi connectivity index (χ1) is 22.4. The Bertz CT molecular complexity index is 1610. The van der Waals surface area contributed by atoms with Crippen LogP contribution in [0.4, 0.5) is 10.6 Å². The predicted octanol–water partition coefficient (Wildman–Crippen LogP) is 5.72. The van der Waals surface area contributed by atoms with Gasteiger partial charge in [0.05, 0.1) is 23.8 Å². The van der Waals surface area contributed by atoms with Crippen LogP contribution in [-0.2, 0) is 38.4 Å². The van der Waals surface area contributed by atoms with Crippen molar-refractivity contribution < 1.29 is 23.9 Å². The molecule has 3 aromatic rings. The third-order valence-corrected chi connectivity index (χ3v) is 8.14. The summed E-state index contributed by atoms with van der Waals surface area (Å²) in [7, 11) is 3.81. The number of amides is 2. The Hall–Kier alpha value is -3.90. The smallest absolute Gasteiger partial charge is 0.411 e. The van der Waals surface area contributed by atoms with Crippen molar-refractivity contribution in [3.8, 4) is 11.3 Å². The highest BCUT2D eigenvalue weighted by atomic mass is 35.5. The predicted molar refractivity (Wildman–Crippen MR) is 185 cm³/mol. The van der Waals surface area contributed by atoms with Crippen LogP contribution in [0.2, 0.25) is 10.0 Å². The molecule has 14 heteroatoms. The van der Waals surface area contributed by atoms with E-state index in [2.05, 4.69) is 15.4 Å². The van der Waals surface area contributed by atoms with Crippen molar-refractivity contribution in [1.82, 2.24) is 30.0 Å². The van der Waals surface area contributed by atoms with Crippen LogP contribution in [-0.4, -0.2) is 86.5 Å². The number of anilines is 1. The lowest BCUT2D eigenvalue weighted by molar-refractivity contribution is -0.163. The summed E-state index contributed by atoms with van der Waals surface area (Å²) in [4.78, 5) is 52.1. The van der Waals surface area contributed by atoms with Gasteiger partial charge in [0.1, 0.15) is 29.6 Å². The SMILES string of the molecule is CN(C)c1ncc(-c2cnn(CC(=O)NC3CCN(C(=O)OC(C)(C)C)[C@@H](C(=O)OC(C)(C)C)C3)c2)nc1CCc1c(Cl)cccc1Cl. The van der Waals surface area contributed by atoms with E-state index in [1.54, 1.807) is 60.1 Å². The molecule has 2 atom stereocenters. The number of nitrogens with zero attached hydrogens (tertiary/aromatic N) is 6. The molecule has 3 heterocycles. The number of ether oxygens (including phenoxy) is 2. The molecule has 2 aromatic heterocycles. The van der Waals surface area contributed by atoms with E-state index in [1.807, 2.05) is 37.2 Å². The van der Waals surface area contributed by atoms with Gasteiger partial charge < -0.3 is 19.7 Å². The van der Waals surface area contributed by atoms with Gasteiger partial charge in [-0.25, -0.2) is 19.6 Å². The summed E-state index contributed by atoms with van der Waals surface area (Å²) < 4.78 is 12.7. The maximum Gasteiger partial charge on any atom is 0.411 e. The van der Waals surface area contributed by atoms with Gasteiger partial charge in [0.15, 0.2) is 0 Å². The van der Waals surface area contributed by atoms with Crippen LogP contribution in [0.3, 0.4) is 0 Å². The number of carbonyl (C=O) groups excluding carboxylic acids is 3. The fourth-order valence-corrected chi connectivity index (χ4v) is 5.93.